The van der Waals surface area contributed by atoms with Gasteiger partial charge >= 0.3 is 0 Å². The Bertz CT molecular complexity index is 1630. The first-order chi connectivity index (χ1) is 19.5. The molecule has 3 aromatic carbocycles. The molecular formula is C30H26N6O3S. The summed E-state index contributed by atoms with van der Waals surface area (Å²) in [5.41, 5.74) is 11.4. The molecule has 9 nitrogen and oxygen atoms in total. The molecule has 5 aromatic rings. The molecule has 2 N–H and O–H groups in total. The molecule has 2 aromatic heterocycles. The molecular weight excluding hydrogens is 524 g/mol. The number of benzene rings is 3. The summed E-state index contributed by atoms with van der Waals surface area (Å²) in [4.78, 5) is 18.0. The van der Waals surface area contributed by atoms with Gasteiger partial charge in [0.25, 0.3) is 5.91 Å². The maximum atomic E-state index is 12.4. The summed E-state index contributed by atoms with van der Waals surface area (Å²) in [5, 5.41) is 15.4. The van der Waals surface area contributed by atoms with Gasteiger partial charge in [0.1, 0.15) is 11.5 Å². The third kappa shape index (κ3) is 5.76. The quantitative estimate of drug-likeness (QED) is 0.243. The van der Waals surface area contributed by atoms with Crippen LogP contribution in [0.1, 0.15) is 32.4 Å². The number of thioether (sulfide) groups is 1. The van der Waals surface area contributed by atoms with Gasteiger partial charge in [-0.2, -0.15) is 0 Å². The summed E-state index contributed by atoms with van der Waals surface area (Å²) in [6, 6.07) is 23.2. The molecule has 5 rings (SSSR count). The van der Waals surface area contributed by atoms with Crippen LogP contribution in [0.25, 0.3) is 22.5 Å². The number of aromatic nitrogens is 5. The maximum Gasteiger partial charge on any atom is 0.250 e. The number of rotatable bonds is 9. The van der Waals surface area contributed by atoms with E-state index in [1.165, 1.54) is 6.33 Å². The first-order valence-electron chi connectivity index (χ1n) is 12.3. The highest BCUT2D eigenvalue weighted by Gasteiger charge is 2.24. The van der Waals surface area contributed by atoms with Crippen molar-refractivity contribution in [2.24, 2.45) is 5.73 Å². The Morgan fingerprint density at radius 2 is 1.57 bits per heavy atom. The predicted molar refractivity (Wildman–Crippen MR) is 153 cm³/mol. The van der Waals surface area contributed by atoms with Crippen molar-refractivity contribution in [3.05, 3.63) is 108 Å². The average molecular weight is 551 g/mol. The largest absolute Gasteiger partial charge is 0.497 e. The van der Waals surface area contributed by atoms with E-state index < -0.39 is 5.91 Å². The fraction of sp³-hybridized carbons (Fsp3) is 0.133. The fourth-order valence-corrected chi connectivity index (χ4v) is 5.60. The lowest BCUT2D eigenvalue weighted by atomic mass is 10.0. The fourth-order valence-electron chi connectivity index (χ4n) is 4.31. The number of nitrogens with zero attached hydrogens (tertiary/aromatic N) is 5. The minimum absolute atomic E-state index is 0.361. The number of hydrogen-bond acceptors (Lipinski definition) is 9. The van der Waals surface area contributed by atoms with E-state index in [0.29, 0.717) is 28.6 Å². The van der Waals surface area contributed by atoms with Crippen LogP contribution in [-0.2, 0) is 0 Å². The second-order valence-corrected chi connectivity index (χ2v) is 10.0. The normalized spacial score (nSPS) is 11.6. The number of amides is 1. The van der Waals surface area contributed by atoms with Gasteiger partial charge in [-0.05, 0) is 53.9 Å². The number of carbonyl (C=O) groups is 1. The molecule has 0 bridgehead atoms. The monoisotopic (exact) mass is 550 g/mol. The van der Waals surface area contributed by atoms with Crippen LogP contribution in [0.2, 0.25) is 0 Å². The highest BCUT2D eigenvalue weighted by molar-refractivity contribution is 7.99. The van der Waals surface area contributed by atoms with Gasteiger partial charge in [0.15, 0.2) is 6.33 Å². The number of pyridine rings is 1. The average Bonchev–Trinajstić information content (AvgIpc) is 3.00. The Balaban J connectivity index is 1.63. The molecule has 0 saturated heterocycles. The van der Waals surface area contributed by atoms with E-state index in [4.69, 9.17) is 15.2 Å². The van der Waals surface area contributed by atoms with Gasteiger partial charge < -0.3 is 15.2 Å². The summed E-state index contributed by atoms with van der Waals surface area (Å²) < 4.78 is 11.1. The van der Waals surface area contributed by atoms with Crippen molar-refractivity contribution in [3.8, 4) is 34.0 Å². The maximum absolute atomic E-state index is 12.4. The molecule has 0 saturated carbocycles. The molecule has 0 aliphatic carbocycles. The van der Waals surface area contributed by atoms with Gasteiger partial charge in [0, 0.05) is 22.7 Å². The van der Waals surface area contributed by atoms with Gasteiger partial charge in [-0.3, -0.25) is 9.78 Å². The molecule has 2 heterocycles. The van der Waals surface area contributed by atoms with Crippen molar-refractivity contribution in [1.29, 1.82) is 0 Å². The van der Waals surface area contributed by atoms with Crippen LogP contribution in [-0.4, -0.2) is 45.5 Å². The highest BCUT2D eigenvalue weighted by atomic mass is 32.2. The SMILES string of the molecule is COc1cc(OC)cc(-c2cc(C)ccc2SC(c2ccc(-c3nncnn3)cc2)c2ncccc2C(N)=O)c1. The van der Waals surface area contributed by atoms with Crippen molar-refractivity contribution >= 4 is 17.7 Å². The third-order valence-electron chi connectivity index (χ3n) is 6.27. The Morgan fingerprint density at radius 3 is 2.23 bits per heavy atom. The van der Waals surface area contributed by atoms with Crippen molar-refractivity contribution in [2.75, 3.05) is 14.2 Å². The van der Waals surface area contributed by atoms with E-state index in [-0.39, 0.29) is 5.25 Å². The molecule has 10 heteroatoms. The van der Waals surface area contributed by atoms with Crippen LogP contribution in [0, 0.1) is 6.92 Å². The van der Waals surface area contributed by atoms with E-state index >= 15 is 0 Å². The molecule has 1 atom stereocenters. The number of primary amides is 1. The van der Waals surface area contributed by atoms with Crippen molar-refractivity contribution in [2.45, 2.75) is 17.1 Å². The Morgan fingerprint density at radius 1 is 0.875 bits per heavy atom. The first-order valence-corrected chi connectivity index (χ1v) is 13.2. The molecule has 0 spiro atoms. The van der Waals surface area contributed by atoms with Crippen LogP contribution < -0.4 is 15.2 Å². The zero-order chi connectivity index (χ0) is 28.1. The zero-order valence-corrected chi connectivity index (χ0v) is 22.9. The summed E-state index contributed by atoms with van der Waals surface area (Å²) in [6.45, 7) is 2.05. The smallest absolute Gasteiger partial charge is 0.250 e. The minimum Gasteiger partial charge on any atom is -0.497 e. The van der Waals surface area contributed by atoms with Gasteiger partial charge in [-0.1, -0.05) is 42.0 Å². The van der Waals surface area contributed by atoms with E-state index in [1.807, 2.05) is 49.4 Å². The second-order valence-electron chi connectivity index (χ2n) is 8.89. The number of ether oxygens (including phenoxy) is 2. The number of nitrogens with two attached hydrogens (primary N) is 1. The number of aryl methyl sites for hydroxylation is 1. The van der Waals surface area contributed by atoms with Crippen LogP contribution >= 0.6 is 11.8 Å². The number of carbonyl (C=O) groups excluding carboxylic acids is 1. The van der Waals surface area contributed by atoms with Gasteiger partial charge in [0.2, 0.25) is 5.82 Å². The second kappa shape index (κ2) is 11.9. The van der Waals surface area contributed by atoms with E-state index in [1.54, 1.807) is 44.3 Å². The van der Waals surface area contributed by atoms with E-state index in [9.17, 15) is 4.79 Å². The van der Waals surface area contributed by atoms with Crippen molar-refractivity contribution < 1.29 is 14.3 Å². The molecule has 1 amide bonds. The lowest BCUT2D eigenvalue weighted by Crippen LogP contribution is -2.16. The molecule has 0 fully saturated rings. The summed E-state index contributed by atoms with van der Waals surface area (Å²) in [6.07, 6.45) is 2.95. The standard InChI is InChI=1S/C30H26N6O3S/c1-18-6-11-26(25(13-18)21-14-22(38-2)16-23(15-21)39-3)40-28(27-24(29(31)37)5-4-12-32-27)19-7-9-20(10-8-19)30-35-33-17-34-36-30/h4-17,28H,1-3H3,(H2,31,37). The summed E-state index contributed by atoms with van der Waals surface area (Å²) in [7, 11) is 3.26. The van der Waals surface area contributed by atoms with Crippen LogP contribution in [0.4, 0.5) is 0 Å². The minimum atomic E-state index is -0.540. The Labute approximate surface area is 235 Å². The van der Waals surface area contributed by atoms with Crippen LogP contribution in [0.15, 0.2) is 90.2 Å². The molecule has 0 aliphatic rings. The van der Waals surface area contributed by atoms with Gasteiger partial charge in [-0.15, -0.1) is 32.2 Å². The Hall–Kier alpha value is -4.83. The van der Waals surface area contributed by atoms with Crippen LogP contribution in [0.5, 0.6) is 11.5 Å². The summed E-state index contributed by atoms with van der Waals surface area (Å²) >= 11 is 1.58. The van der Waals surface area contributed by atoms with Gasteiger partial charge in [-0.25, -0.2) is 0 Å². The molecule has 40 heavy (non-hydrogen) atoms. The lowest BCUT2D eigenvalue weighted by Gasteiger charge is -2.21. The first kappa shape index (κ1) is 26.8. The summed E-state index contributed by atoms with van der Waals surface area (Å²) in [5.74, 6) is 1.25. The zero-order valence-electron chi connectivity index (χ0n) is 22.1. The predicted octanol–water partition coefficient (Wildman–Crippen LogP) is 5.30. The van der Waals surface area contributed by atoms with E-state index in [0.717, 1.165) is 32.7 Å². The molecule has 200 valence electrons. The molecule has 0 radical (unpaired) electrons. The number of methoxy groups -OCH3 is 2. The van der Waals surface area contributed by atoms with E-state index in [2.05, 4.69) is 43.6 Å². The molecule has 1 unspecified atom stereocenters. The Kier molecular flexibility index (Phi) is 7.97. The molecule has 0 aliphatic heterocycles. The van der Waals surface area contributed by atoms with Crippen LogP contribution in [0.3, 0.4) is 0 Å². The van der Waals surface area contributed by atoms with Crippen molar-refractivity contribution in [1.82, 2.24) is 25.4 Å². The number of hydrogen-bond donors (Lipinski definition) is 1. The third-order valence-corrected chi connectivity index (χ3v) is 7.62. The topological polar surface area (TPSA) is 126 Å². The van der Waals surface area contributed by atoms with Gasteiger partial charge in [0.05, 0.1) is 30.7 Å². The highest BCUT2D eigenvalue weighted by Crippen LogP contribution is 2.45. The lowest BCUT2D eigenvalue weighted by molar-refractivity contribution is 0.0999. The van der Waals surface area contributed by atoms with Crippen molar-refractivity contribution in [3.63, 3.8) is 0 Å².